The molecule has 2 rings (SSSR count). The molecule has 1 saturated heterocycles. The van der Waals surface area contributed by atoms with Crippen molar-refractivity contribution in [3.63, 3.8) is 0 Å². The zero-order chi connectivity index (χ0) is 18.8. The van der Waals surface area contributed by atoms with Crippen LogP contribution in [0.1, 0.15) is 18.5 Å². The molecule has 0 bridgehead atoms. The normalized spacial score (nSPS) is 26.4. The van der Waals surface area contributed by atoms with Crippen molar-refractivity contribution >= 4 is 23.3 Å². The largest absolute Gasteiger partial charge is 0.497 e. The summed E-state index contributed by atoms with van der Waals surface area (Å²) in [5.41, 5.74) is -3.25. The van der Waals surface area contributed by atoms with Crippen LogP contribution in [0.4, 0.5) is 13.2 Å². The quantitative estimate of drug-likeness (QED) is 0.543. The highest BCUT2D eigenvalue weighted by atomic mass is 32.1. The molecule has 25 heavy (non-hydrogen) atoms. The van der Waals surface area contributed by atoms with E-state index in [4.69, 9.17) is 21.7 Å². The molecule has 1 aromatic carbocycles. The maximum atomic E-state index is 13.5. The molecule has 1 aromatic rings. The predicted octanol–water partition coefficient (Wildman–Crippen LogP) is 1.64. The van der Waals surface area contributed by atoms with E-state index in [-0.39, 0.29) is 6.61 Å². The second-order valence-electron chi connectivity index (χ2n) is 5.34. The summed E-state index contributed by atoms with van der Waals surface area (Å²) in [4.78, 5) is 12.2. The van der Waals surface area contributed by atoms with Crippen LogP contribution in [0.3, 0.4) is 0 Å². The Balaban J connectivity index is 2.53. The minimum Gasteiger partial charge on any atom is -0.497 e. The third-order valence-corrected chi connectivity index (χ3v) is 4.04. The Hall–Kier alpha value is -2.07. The van der Waals surface area contributed by atoms with Crippen LogP contribution in [0.25, 0.3) is 0 Å². The molecule has 0 saturated carbocycles. The minimum absolute atomic E-state index is 0.136. The molecule has 6 nitrogen and oxygen atoms in total. The number of carbonyl (C=O) groups excluding carboxylic acids is 1. The van der Waals surface area contributed by atoms with Crippen LogP contribution < -0.4 is 15.4 Å². The number of rotatable bonds is 4. The molecule has 0 aromatic heterocycles. The monoisotopic (exact) mass is 378 g/mol. The van der Waals surface area contributed by atoms with Gasteiger partial charge >= 0.3 is 12.1 Å². The van der Waals surface area contributed by atoms with Crippen molar-refractivity contribution < 1.29 is 32.5 Å². The lowest BCUT2D eigenvalue weighted by atomic mass is 9.82. The molecule has 1 aliphatic heterocycles. The van der Waals surface area contributed by atoms with Gasteiger partial charge in [-0.1, -0.05) is 12.1 Å². The fourth-order valence-electron chi connectivity index (χ4n) is 2.63. The molecular weight excluding hydrogens is 361 g/mol. The van der Waals surface area contributed by atoms with Gasteiger partial charge in [-0.15, -0.1) is 0 Å². The molecule has 138 valence electrons. The van der Waals surface area contributed by atoms with Crippen LogP contribution in [-0.2, 0) is 9.53 Å². The van der Waals surface area contributed by atoms with Gasteiger partial charge in [-0.05, 0) is 36.8 Å². The van der Waals surface area contributed by atoms with Crippen molar-refractivity contribution in [2.24, 2.45) is 5.92 Å². The van der Waals surface area contributed by atoms with Gasteiger partial charge in [0, 0.05) is 0 Å². The van der Waals surface area contributed by atoms with Crippen LogP contribution in [0.15, 0.2) is 24.3 Å². The summed E-state index contributed by atoms with van der Waals surface area (Å²) in [5.74, 6) is -2.72. The number of halogens is 3. The van der Waals surface area contributed by atoms with Crippen LogP contribution in [0.2, 0.25) is 0 Å². The lowest BCUT2D eigenvalue weighted by molar-refractivity contribution is -0.292. The highest BCUT2D eigenvalue weighted by molar-refractivity contribution is 7.80. The number of esters is 1. The van der Waals surface area contributed by atoms with E-state index >= 15 is 0 Å². The van der Waals surface area contributed by atoms with Crippen molar-refractivity contribution in [3.8, 4) is 5.75 Å². The van der Waals surface area contributed by atoms with E-state index in [9.17, 15) is 23.1 Å². The third kappa shape index (κ3) is 3.64. The van der Waals surface area contributed by atoms with Crippen molar-refractivity contribution in [1.82, 2.24) is 10.6 Å². The predicted molar refractivity (Wildman–Crippen MR) is 85.7 cm³/mol. The van der Waals surface area contributed by atoms with E-state index < -0.39 is 34.9 Å². The molecule has 0 unspecified atom stereocenters. The maximum Gasteiger partial charge on any atom is 0.437 e. The standard InChI is InChI=1S/C15H17F3N2O4S/c1-3-24-12(21)10-11(8-4-6-9(23-2)7-5-8)19-13(25)20-14(10,22)15(16,17)18/h4-7,10-11,22H,3H2,1-2H3,(H2,19,20,25)/t10-,11-,14+/m0/s1. The first-order valence-corrected chi connectivity index (χ1v) is 7.73. The SMILES string of the molecule is CCOC(=O)[C@@H]1[C@H](c2ccc(OC)cc2)NC(=S)N[C@]1(O)C(F)(F)F. The van der Waals surface area contributed by atoms with Crippen LogP contribution >= 0.6 is 12.2 Å². The zero-order valence-corrected chi connectivity index (χ0v) is 14.2. The topological polar surface area (TPSA) is 79.8 Å². The maximum absolute atomic E-state index is 13.5. The number of alkyl halides is 3. The van der Waals surface area contributed by atoms with Crippen LogP contribution in [0, 0.1) is 5.92 Å². The molecule has 0 aliphatic carbocycles. The number of carbonyl (C=O) groups is 1. The smallest absolute Gasteiger partial charge is 0.437 e. The number of ether oxygens (including phenoxy) is 2. The van der Waals surface area contributed by atoms with Gasteiger partial charge in [-0.3, -0.25) is 4.79 Å². The summed E-state index contributed by atoms with van der Waals surface area (Å²) >= 11 is 4.79. The fourth-order valence-corrected chi connectivity index (χ4v) is 2.91. The Morgan fingerprint density at radius 2 is 1.96 bits per heavy atom. The van der Waals surface area contributed by atoms with Crippen LogP contribution in [0.5, 0.6) is 5.75 Å². The van der Waals surface area contributed by atoms with E-state index in [1.807, 2.05) is 0 Å². The second-order valence-corrected chi connectivity index (χ2v) is 5.75. The van der Waals surface area contributed by atoms with Gasteiger partial charge in [-0.2, -0.15) is 13.2 Å². The molecule has 10 heteroatoms. The Labute approximate surface area is 147 Å². The van der Waals surface area contributed by atoms with Gasteiger partial charge in [0.2, 0.25) is 0 Å². The third-order valence-electron chi connectivity index (χ3n) is 3.82. The number of hydrogen-bond donors (Lipinski definition) is 3. The van der Waals surface area contributed by atoms with E-state index in [0.29, 0.717) is 11.3 Å². The number of hydrogen-bond acceptors (Lipinski definition) is 5. The van der Waals surface area contributed by atoms with Crippen molar-refractivity contribution in [3.05, 3.63) is 29.8 Å². The number of methoxy groups -OCH3 is 1. The molecule has 1 aliphatic rings. The van der Waals surface area contributed by atoms with Gasteiger partial charge in [-0.25, -0.2) is 0 Å². The van der Waals surface area contributed by atoms with Crippen molar-refractivity contribution in [1.29, 1.82) is 0 Å². The summed E-state index contributed by atoms with van der Waals surface area (Å²) in [5, 5.41) is 14.2. The molecular formula is C15H17F3N2O4S. The van der Waals surface area contributed by atoms with E-state index in [1.54, 1.807) is 5.32 Å². The summed E-state index contributed by atoms with van der Waals surface area (Å²) in [6.07, 6.45) is -5.17. The Kier molecular flexibility index (Phi) is 5.43. The summed E-state index contributed by atoms with van der Waals surface area (Å²) in [7, 11) is 1.44. The lowest BCUT2D eigenvalue weighted by Gasteiger charge is -2.45. The van der Waals surface area contributed by atoms with Gasteiger partial charge in [0.25, 0.3) is 5.72 Å². The minimum atomic E-state index is -5.17. The highest BCUT2D eigenvalue weighted by Crippen LogP contribution is 2.43. The Bertz CT molecular complexity index is 653. The number of thiocarbonyl (C=S) groups is 1. The first kappa shape index (κ1) is 19.3. The van der Waals surface area contributed by atoms with Gasteiger partial charge in [0.05, 0.1) is 19.8 Å². The molecule has 0 amide bonds. The van der Waals surface area contributed by atoms with Crippen molar-refractivity contribution in [2.75, 3.05) is 13.7 Å². The second kappa shape index (κ2) is 7.04. The van der Waals surface area contributed by atoms with E-state index in [1.165, 1.54) is 38.3 Å². The van der Waals surface area contributed by atoms with Gasteiger partial charge in [0.1, 0.15) is 11.7 Å². The summed E-state index contributed by atoms with van der Waals surface area (Å²) in [6.45, 7) is 1.32. The summed E-state index contributed by atoms with van der Waals surface area (Å²) < 4.78 is 50.4. The lowest BCUT2D eigenvalue weighted by Crippen LogP contribution is -2.73. The average Bonchev–Trinajstić information content (AvgIpc) is 2.53. The number of benzene rings is 1. The van der Waals surface area contributed by atoms with Gasteiger partial charge < -0.3 is 25.2 Å². The Morgan fingerprint density at radius 3 is 2.44 bits per heavy atom. The molecule has 3 atom stereocenters. The van der Waals surface area contributed by atoms with Crippen molar-refractivity contribution in [2.45, 2.75) is 24.9 Å². The molecule has 0 radical (unpaired) electrons. The van der Waals surface area contributed by atoms with E-state index in [0.717, 1.165) is 0 Å². The molecule has 0 spiro atoms. The van der Waals surface area contributed by atoms with Crippen LogP contribution in [-0.4, -0.2) is 41.8 Å². The zero-order valence-electron chi connectivity index (χ0n) is 13.4. The number of aliphatic hydroxyl groups is 1. The summed E-state index contributed by atoms with van der Waals surface area (Å²) in [6, 6.07) is 4.76. The molecule has 1 heterocycles. The Morgan fingerprint density at radius 1 is 1.36 bits per heavy atom. The molecule has 3 N–H and O–H groups in total. The first-order chi connectivity index (χ1) is 11.6. The highest BCUT2D eigenvalue weighted by Gasteiger charge is 2.66. The van der Waals surface area contributed by atoms with E-state index in [2.05, 4.69) is 5.32 Å². The fraction of sp³-hybridized carbons (Fsp3) is 0.467. The van der Waals surface area contributed by atoms with Gasteiger partial charge in [0.15, 0.2) is 5.11 Å². The first-order valence-electron chi connectivity index (χ1n) is 7.32. The molecule has 1 fully saturated rings. The average molecular weight is 378 g/mol. The number of nitrogens with one attached hydrogen (secondary N) is 2.